The number of methoxy groups -OCH3 is 1. The Bertz CT molecular complexity index is 175. The Hall–Kier alpha value is -0.610. The molecule has 0 heterocycles. The number of carbonyl (C=O) groups is 1. The van der Waals surface area contributed by atoms with E-state index < -0.39 is 0 Å². The van der Waals surface area contributed by atoms with Crippen molar-refractivity contribution < 1.29 is 9.53 Å². The lowest BCUT2D eigenvalue weighted by molar-refractivity contribution is -0.121. The quantitative estimate of drug-likeness (QED) is 0.665. The minimum absolute atomic E-state index is 0.0347. The fraction of sp³-hybridized carbons (Fsp3) is 0.900. The molecular weight excluding hydrogens is 180 g/mol. The van der Waals surface area contributed by atoms with Gasteiger partial charge in [0.15, 0.2) is 0 Å². The van der Waals surface area contributed by atoms with Crippen LogP contribution in [0.4, 0.5) is 0 Å². The summed E-state index contributed by atoms with van der Waals surface area (Å²) in [4.78, 5) is 11.3. The van der Waals surface area contributed by atoms with Crippen LogP contribution in [0.15, 0.2) is 0 Å². The number of hydrogen-bond donors (Lipinski definition) is 2. The predicted octanol–water partition coefficient (Wildman–Crippen LogP) is 0.655. The SMILES string of the molecule is COC(C)CNC(=O)CCC(C)(C)N. The number of rotatable bonds is 6. The molecule has 84 valence electrons. The Kier molecular flexibility index (Phi) is 5.72. The summed E-state index contributed by atoms with van der Waals surface area (Å²) in [7, 11) is 1.62. The predicted molar refractivity (Wildman–Crippen MR) is 57.0 cm³/mol. The standard InChI is InChI=1S/C10H22N2O2/c1-8(14-4)7-12-9(13)5-6-10(2,3)11/h8H,5-7,11H2,1-4H3,(H,12,13). The number of carbonyl (C=O) groups excluding carboxylic acids is 1. The van der Waals surface area contributed by atoms with Crippen LogP contribution in [0.3, 0.4) is 0 Å². The topological polar surface area (TPSA) is 64.3 Å². The summed E-state index contributed by atoms with van der Waals surface area (Å²) in [6, 6.07) is 0. The van der Waals surface area contributed by atoms with E-state index in [4.69, 9.17) is 10.5 Å². The highest BCUT2D eigenvalue weighted by molar-refractivity contribution is 5.75. The first kappa shape index (κ1) is 13.4. The summed E-state index contributed by atoms with van der Waals surface area (Å²) in [6.45, 7) is 6.30. The number of nitrogens with one attached hydrogen (secondary N) is 1. The number of hydrogen-bond acceptors (Lipinski definition) is 3. The monoisotopic (exact) mass is 202 g/mol. The molecule has 0 aromatic rings. The maximum Gasteiger partial charge on any atom is 0.220 e. The van der Waals surface area contributed by atoms with Crippen LogP contribution in [0.2, 0.25) is 0 Å². The Morgan fingerprint density at radius 1 is 1.57 bits per heavy atom. The van der Waals surface area contributed by atoms with Crippen LogP contribution < -0.4 is 11.1 Å². The van der Waals surface area contributed by atoms with Crippen molar-refractivity contribution in [2.75, 3.05) is 13.7 Å². The molecule has 0 saturated heterocycles. The molecule has 0 aliphatic carbocycles. The maximum absolute atomic E-state index is 11.3. The van der Waals surface area contributed by atoms with Crippen molar-refractivity contribution >= 4 is 5.91 Å². The lowest BCUT2D eigenvalue weighted by Gasteiger charge is -2.18. The van der Waals surface area contributed by atoms with Gasteiger partial charge < -0.3 is 15.8 Å². The van der Waals surface area contributed by atoms with E-state index in [0.717, 1.165) is 0 Å². The molecule has 0 spiro atoms. The molecule has 1 amide bonds. The second-order valence-electron chi connectivity index (χ2n) is 4.34. The largest absolute Gasteiger partial charge is 0.380 e. The third-order valence-electron chi connectivity index (χ3n) is 1.99. The zero-order chi connectivity index (χ0) is 11.2. The van der Waals surface area contributed by atoms with Crippen molar-refractivity contribution in [1.29, 1.82) is 0 Å². The summed E-state index contributed by atoms with van der Waals surface area (Å²) in [6.07, 6.45) is 1.23. The zero-order valence-electron chi connectivity index (χ0n) is 9.59. The van der Waals surface area contributed by atoms with Crippen molar-refractivity contribution in [2.45, 2.75) is 45.3 Å². The van der Waals surface area contributed by atoms with Crippen LogP contribution in [0.5, 0.6) is 0 Å². The number of ether oxygens (including phenoxy) is 1. The Labute approximate surface area is 86.2 Å². The normalized spacial score (nSPS) is 13.8. The first-order valence-corrected chi connectivity index (χ1v) is 4.93. The van der Waals surface area contributed by atoms with Crippen molar-refractivity contribution in [1.82, 2.24) is 5.32 Å². The fourth-order valence-electron chi connectivity index (χ4n) is 0.865. The highest BCUT2D eigenvalue weighted by atomic mass is 16.5. The average molecular weight is 202 g/mol. The van der Waals surface area contributed by atoms with E-state index in [2.05, 4.69) is 5.32 Å². The molecule has 0 radical (unpaired) electrons. The molecule has 4 nitrogen and oxygen atoms in total. The summed E-state index contributed by atoms with van der Waals surface area (Å²) >= 11 is 0. The Morgan fingerprint density at radius 2 is 2.14 bits per heavy atom. The van der Waals surface area contributed by atoms with Crippen LogP contribution >= 0.6 is 0 Å². The van der Waals surface area contributed by atoms with Crippen LogP contribution in [0, 0.1) is 0 Å². The molecule has 0 aromatic heterocycles. The van der Waals surface area contributed by atoms with Gasteiger partial charge in [-0.2, -0.15) is 0 Å². The first-order valence-electron chi connectivity index (χ1n) is 4.93. The van der Waals surface area contributed by atoms with Crippen LogP contribution in [0.1, 0.15) is 33.6 Å². The van der Waals surface area contributed by atoms with Crippen molar-refractivity contribution in [3.05, 3.63) is 0 Å². The molecule has 4 heteroatoms. The summed E-state index contributed by atoms with van der Waals surface area (Å²) in [5.41, 5.74) is 5.49. The third kappa shape index (κ3) is 8.01. The van der Waals surface area contributed by atoms with Gasteiger partial charge in [-0.25, -0.2) is 0 Å². The molecule has 0 fully saturated rings. The lowest BCUT2D eigenvalue weighted by atomic mass is 10.00. The van der Waals surface area contributed by atoms with Crippen molar-refractivity contribution in [3.63, 3.8) is 0 Å². The molecule has 1 atom stereocenters. The van der Waals surface area contributed by atoms with Gasteiger partial charge in [0, 0.05) is 25.6 Å². The van der Waals surface area contributed by atoms with Gasteiger partial charge in [-0.1, -0.05) is 0 Å². The third-order valence-corrected chi connectivity index (χ3v) is 1.99. The maximum atomic E-state index is 11.3. The molecule has 1 unspecified atom stereocenters. The Balaban J connectivity index is 3.57. The zero-order valence-corrected chi connectivity index (χ0v) is 9.59. The first-order chi connectivity index (χ1) is 6.35. The van der Waals surface area contributed by atoms with Crippen LogP contribution in [0.25, 0.3) is 0 Å². The molecule has 0 saturated carbocycles. The van der Waals surface area contributed by atoms with E-state index in [9.17, 15) is 4.79 Å². The van der Waals surface area contributed by atoms with Crippen molar-refractivity contribution in [3.8, 4) is 0 Å². The average Bonchev–Trinajstić information content (AvgIpc) is 2.09. The Morgan fingerprint density at radius 3 is 2.57 bits per heavy atom. The van der Waals surface area contributed by atoms with Gasteiger partial charge in [-0.15, -0.1) is 0 Å². The highest BCUT2D eigenvalue weighted by Crippen LogP contribution is 2.06. The lowest BCUT2D eigenvalue weighted by Crippen LogP contribution is -2.36. The minimum atomic E-state index is -0.274. The molecule has 0 aliphatic heterocycles. The van der Waals surface area contributed by atoms with E-state index in [1.165, 1.54) is 0 Å². The van der Waals surface area contributed by atoms with Gasteiger partial charge in [-0.3, -0.25) is 4.79 Å². The van der Waals surface area contributed by atoms with Crippen LogP contribution in [-0.4, -0.2) is 31.2 Å². The van der Waals surface area contributed by atoms with E-state index in [0.29, 0.717) is 19.4 Å². The summed E-state index contributed by atoms with van der Waals surface area (Å²) in [5, 5.41) is 2.79. The minimum Gasteiger partial charge on any atom is -0.380 e. The van der Waals surface area contributed by atoms with Gasteiger partial charge >= 0.3 is 0 Å². The molecule has 0 rings (SSSR count). The van der Waals surface area contributed by atoms with E-state index >= 15 is 0 Å². The second kappa shape index (κ2) is 5.98. The van der Waals surface area contributed by atoms with E-state index in [-0.39, 0.29) is 17.6 Å². The van der Waals surface area contributed by atoms with Gasteiger partial charge in [0.25, 0.3) is 0 Å². The van der Waals surface area contributed by atoms with Crippen molar-refractivity contribution in [2.24, 2.45) is 5.73 Å². The fourth-order valence-corrected chi connectivity index (χ4v) is 0.865. The highest BCUT2D eigenvalue weighted by Gasteiger charge is 2.13. The summed E-state index contributed by atoms with van der Waals surface area (Å²) < 4.78 is 5.01. The molecule has 14 heavy (non-hydrogen) atoms. The number of amides is 1. The van der Waals surface area contributed by atoms with E-state index in [1.54, 1.807) is 7.11 Å². The molecule has 0 aliphatic rings. The van der Waals surface area contributed by atoms with Gasteiger partial charge in [0.1, 0.15) is 0 Å². The van der Waals surface area contributed by atoms with E-state index in [1.807, 2.05) is 20.8 Å². The molecule has 0 aromatic carbocycles. The van der Waals surface area contributed by atoms with Gasteiger partial charge in [-0.05, 0) is 27.2 Å². The smallest absolute Gasteiger partial charge is 0.220 e. The number of nitrogens with two attached hydrogens (primary N) is 1. The summed E-state index contributed by atoms with van der Waals surface area (Å²) in [5.74, 6) is 0.0347. The molecule has 3 N–H and O–H groups in total. The second-order valence-corrected chi connectivity index (χ2v) is 4.34. The molecular formula is C10H22N2O2. The van der Waals surface area contributed by atoms with Gasteiger partial charge in [0.2, 0.25) is 5.91 Å². The molecule has 0 bridgehead atoms. The van der Waals surface area contributed by atoms with Gasteiger partial charge in [0.05, 0.1) is 6.10 Å². The van der Waals surface area contributed by atoms with Crippen LogP contribution in [-0.2, 0) is 9.53 Å².